The first-order chi connectivity index (χ1) is 3.27. The van der Waals surface area contributed by atoms with Crippen molar-refractivity contribution in [1.29, 1.82) is 0 Å². The van der Waals surface area contributed by atoms with Crippen LogP contribution in [0.15, 0.2) is 0 Å². The van der Waals surface area contributed by atoms with E-state index in [4.69, 9.17) is 5.11 Å². The Balaban J connectivity index is 0. The van der Waals surface area contributed by atoms with Crippen molar-refractivity contribution in [1.82, 2.24) is 0 Å². The van der Waals surface area contributed by atoms with Crippen molar-refractivity contribution in [2.45, 2.75) is 0 Å². The average Bonchev–Trinajstić information content (AvgIpc) is 1.61. The van der Waals surface area contributed by atoms with Crippen LogP contribution in [0.3, 0.4) is 0 Å². The van der Waals surface area contributed by atoms with Crippen LogP contribution in [0.25, 0.3) is 0 Å². The van der Waals surface area contributed by atoms with E-state index in [0.717, 1.165) is 0 Å². The number of aliphatic hydroxyl groups excluding tert-OH is 1. The van der Waals surface area contributed by atoms with E-state index in [-0.39, 0.29) is 32.1 Å². The minimum absolute atomic E-state index is 0. The van der Waals surface area contributed by atoms with Crippen molar-refractivity contribution in [3.63, 3.8) is 0 Å². The van der Waals surface area contributed by atoms with E-state index in [0.29, 0.717) is 0 Å². The molecule has 0 aliphatic heterocycles. The van der Waals surface area contributed by atoms with Gasteiger partial charge in [-0.2, -0.15) is 0 Å². The fraction of sp³-hybridized carbons (Fsp3) is 0.667. The molecular formula is C3H5LiO4. The molecule has 0 fully saturated rings. The molecule has 5 heteroatoms. The van der Waals surface area contributed by atoms with E-state index >= 15 is 0 Å². The van der Waals surface area contributed by atoms with Gasteiger partial charge in [-0.25, -0.2) is 0 Å². The molecule has 1 N–H and O–H groups in total. The summed E-state index contributed by atoms with van der Waals surface area (Å²) in [5.74, 6) is 0. The topological polar surface area (TPSA) is 69.6 Å². The van der Waals surface area contributed by atoms with Gasteiger partial charge in [-0.3, -0.25) is 0 Å². The van der Waals surface area contributed by atoms with Crippen molar-refractivity contribution in [2.75, 3.05) is 13.2 Å². The van der Waals surface area contributed by atoms with Crippen molar-refractivity contribution in [3.8, 4) is 0 Å². The summed E-state index contributed by atoms with van der Waals surface area (Å²) in [5, 5.41) is 17.2. The van der Waals surface area contributed by atoms with Gasteiger partial charge in [-0.05, 0) is 0 Å². The van der Waals surface area contributed by atoms with Gasteiger partial charge in [0.25, 0.3) is 6.16 Å². The molecule has 0 saturated carbocycles. The number of hydrogen-bond acceptors (Lipinski definition) is 4. The molecular weight excluding hydrogens is 107 g/mol. The summed E-state index contributed by atoms with van der Waals surface area (Å²) in [6.07, 6.45) is -1.60. The molecule has 0 bridgehead atoms. The Labute approximate surface area is 58.6 Å². The van der Waals surface area contributed by atoms with Crippen LogP contribution >= 0.6 is 0 Å². The van der Waals surface area contributed by atoms with Gasteiger partial charge in [0.15, 0.2) is 0 Å². The van der Waals surface area contributed by atoms with E-state index in [9.17, 15) is 9.90 Å². The van der Waals surface area contributed by atoms with Gasteiger partial charge in [0.05, 0.1) is 13.2 Å². The molecule has 8 heavy (non-hydrogen) atoms. The molecule has 0 radical (unpaired) electrons. The van der Waals surface area contributed by atoms with E-state index < -0.39 is 6.16 Å². The summed E-state index contributed by atoms with van der Waals surface area (Å²) < 4.78 is 3.75. The van der Waals surface area contributed by atoms with Crippen LogP contribution in [0.5, 0.6) is 0 Å². The van der Waals surface area contributed by atoms with Crippen LogP contribution in [-0.4, -0.2) is 24.5 Å². The van der Waals surface area contributed by atoms with E-state index in [2.05, 4.69) is 4.74 Å². The van der Waals surface area contributed by atoms with Crippen molar-refractivity contribution in [2.24, 2.45) is 0 Å². The van der Waals surface area contributed by atoms with Crippen LogP contribution in [0.1, 0.15) is 0 Å². The summed E-state index contributed by atoms with van der Waals surface area (Å²) in [6.45, 7) is -0.504. The second kappa shape index (κ2) is 6.83. The zero-order valence-electron chi connectivity index (χ0n) is 4.59. The largest absolute Gasteiger partial charge is 1.00 e. The second-order valence-corrected chi connectivity index (χ2v) is 0.822. The zero-order valence-corrected chi connectivity index (χ0v) is 4.59. The Morgan fingerprint density at radius 3 is 2.38 bits per heavy atom. The third kappa shape index (κ3) is 9.27. The van der Waals surface area contributed by atoms with Gasteiger partial charge in [0, 0.05) is 0 Å². The van der Waals surface area contributed by atoms with Gasteiger partial charge in [0.1, 0.15) is 0 Å². The van der Waals surface area contributed by atoms with Crippen molar-refractivity contribution in [3.05, 3.63) is 0 Å². The molecule has 0 heterocycles. The first kappa shape index (κ1) is 10.7. The molecule has 0 aromatic heterocycles. The SMILES string of the molecule is O=C([O-])OCCO.[Li+]. The smallest absolute Gasteiger partial charge is 0.547 e. The van der Waals surface area contributed by atoms with Crippen LogP contribution in [0.2, 0.25) is 0 Å². The van der Waals surface area contributed by atoms with Crippen LogP contribution < -0.4 is 24.0 Å². The first-order valence-electron chi connectivity index (χ1n) is 1.72. The summed E-state index contributed by atoms with van der Waals surface area (Å²) in [5.41, 5.74) is 0. The summed E-state index contributed by atoms with van der Waals surface area (Å²) >= 11 is 0. The zero-order chi connectivity index (χ0) is 5.70. The third-order valence-corrected chi connectivity index (χ3v) is 0.311. The number of aliphatic hydroxyl groups is 1. The quantitative estimate of drug-likeness (QED) is 0.288. The van der Waals surface area contributed by atoms with Gasteiger partial charge in [-0.1, -0.05) is 0 Å². The van der Waals surface area contributed by atoms with E-state index in [1.165, 1.54) is 0 Å². The van der Waals surface area contributed by atoms with E-state index in [1.54, 1.807) is 0 Å². The molecule has 0 atom stereocenters. The Hall–Kier alpha value is -0.173. The average molecular weight is 112 g/mol. The Kier molecular flexibility index (Phi) is 9.17. The fourth-order valence-corrected chi connectivity index (χ4v) is 0.129. The van der Waals surface area contributed by atoms with Gasteiger partial charge in [0.2, 0.25) is 0 Å². The number of carbonyl (C=O) groups is 1. The normalized spacial score (nSPS) is 7.12. The maximum Gasteiger partial charge on any atom is 1.00 e. The number of ether oxygens (including phenoxy) is 1. The maximum absolute atomic E-state index is 9.31. The number of rotatable bonds is 2. The molecule has 0 aromatic rings. The predicted molar refractivity (Wildman–Crippen MR) is 18.4 cm³/mol. The van der Waals surface area contributed by atoms with Gasteiger partial charge in [-0.15, -0.1) is 0 Å². The van der Waals surface area contributed by atoms with Gasteiger partial charge >= 0.3 is 18.9 Å². The molecule has 0 saturated heterocycles. The van der Waals surface area contributed by atoms with Crippen molar-refractivity contribution >= 4 is 6.16 Å². The molecule has 0 amide bonds. The molecule has 0 spiro atoms. The Bertz CT molecular complexity index is 64.3. The number of hydrogen-bond donors (Lipinski definition) is 1. The molecule has 0 unspecified atom stereocenters. The molecule has 0 aliphatic carbocycles. The summed E-state index contributed by atoms with van der Waals surface area (Å²) in [6, 6.07) is 0. The molecule has 0 rings (SSSR count). The molecule has 4 nitrogen and oxygen atoms in total. The standard InChI is InChI=1S/C3H6O4.Li/c4-1-2-7-3(5)6;/h4H,1-2H2,(H,5,6);/q;+1/p-1. The van der Waals surface area contributed by atoms with Crippen LogP contribution in [0, 0.1) is 0 Å². The Morgan fingerprint density at radius 1 is 1.75 bits per heavy atom. The third-order valence-electron chi connectivity index (χ3n) is 0.311. The molecule has 0 aromatic carbocycles. The number of carbonyl (C=O) groups excluding carboxylic acids is 1. The molecule has 42 valence electrons. The first-order valence-corrected chi connectivity index (χ1v) is 1.72. The van der Waals surface area contributed by atoms with Crippen LogP contribution in [0.4, 0.5) is 4.79 Å². The minimum Gasteiger partial charge on any atom is -0.547 e. The second-order valence-electron chi connectivity index (χ2n) is 0.822. The van der Waals surface area contributed by atoms with E-state index in [1.807, 2.05) is 0 Å². The number of carboxylic acid groups (broad SMARTS) is 1. The maximum atomic E-state index is 9.31. The predicted octanol–water partition coefficient (Wildman–Crippen LogP) is -4.66. The van der Waals surface area contributed by atoms with Crippen molar-refractivity contribution < 1.29 is 38.6 Å². The minimum atomic E-state index is -1.60. The van der Waals surface area contributed by atoms with Crippen LogP contribution in [-0.2, 0) is 4.74 Å². The van der Waals surface area contributed by atoms with Gasteiger partial charge < -0.3 is 19.7 Å². The summed E-state index contributed by atoms with van der Waals surface area (Å²) in [7, 11) is 0. The fourth-order valence-electron chi connectivity index (χ4n) is 0.129. The monoisotopic (exact) mass is 112 g/mol. The molecule has 0 aliphatic rings. The summed E-state index contributed by atoms with van der Waals surface area (Å²) in [4.78, 5) is 9.31. The Morgan fingerprint density at radius 2 is 2.25 bits per heavy atom.